The number of amides is 1. The fourth-order valence-electron chi connectivity index (χ4n) is 2.36. The highest BCUT2D eigenvalue weighted by Gasteiger charge is 2.14. The average molecular weight is 336 g/mol. The molecule has 0 aliphatic carbocycles. The smallest absolute Gasteiger partial charge is 0.262 e. The number of nitriles is 1. The number of nitrogens with zero attached hydrogens (tertiary/aromatic N) is 1. The maximum absolute atomic E-state index is 12.4. The van der Waals surface area contributed by atoms with Crippen molar-refractivity contribution in [2.75, 3.05) is 14.2 Å². The van der Waals surface area contributed by atoms with Gasteiger partial charge in [0.25, 0.3) is 5.91 Å². The molecule has 0 bridgehead atoms. The zero-order valence-electron chi connectivity index (χ0n) is 14.4. The number of hydrogen-bond acceptors (Lipinski definition) is 4. The largest absolute Gasteiger partial charge is 0.493 e. The molecule has 5 heteroatoms. The first-order chi connectivity index (χ1) is 12.1. The highest BCUT2D eigenvalue weighted by Crippen LogP contribution is 2.28. The number of carbonyl (C=O) groups excluding carboxylic acids is 1. The van der Waals surface area contributed by atoms with Gasteiger partial charge in [-0.2, -0.15) is 5.26 Å². The van der Waals surface area contributed by atoms with Crippen molar-refractivity contribution in [3.63, 3.8) is 0 Å². The molecule has 128 valence electrons. The molecule has 2 aromatic carbocycles. The molecule has 1 atom stereocenters. The highest BCUT2D eigenvalue weighted by atomic mass is 16.5. The Balaban J connectivity index is 2.19. The third kappa shape index (κ3) is 4.61. The summed E-state index contributed by atoms with van der Waals surface area (Å²) >= 11 is 0. The van der Waals surface area contributed by atoms with Crippen LogP contribution in [0.5, 0.6) is 11.5 Å². The van der Waals surface area contributed by atoms with Gasteiger partial charge in [0.15, 0.2) is 11.5 Å². The Morgan fingerprint density at radius 1 is 1.12 bits per heavy atom. The first-order valence-electron chi connectivity index (χ1n) is 7.78. The van der Waals surface area contributed by atoms with E-state index in [1.165, 1.54) is 13.2 Å². The quantitative estimate of drug-likeness (QED) is 0.647. The van der Waals surface area contributed by atoms with E-state index in [1.54, 1.807) is 25.3 Å². The Kier molecular flexibility index (Phi) is 6.19. The zero-order chi connectivity index (χ0) is 18.2. The summed E-state index contributed by atoms with van der Waals surface area (Å²) < 4.78 is 10.4. The molecule has 0 heterocycles. The standard InChI is InChI=1S/C20H20N2O3/c1-14(16-7-5-4-6-8-16)22-20(23)17(13-21)11-15-9-10-18(24-2)19(12-15)25-3/h4-12,14H,1-3H3,(H,22,23). The van der Waals surface area contributed by atoms with E-state index in [2.05, 4.69) is 5.32 Å². The van der Waals surface area contributed by atoms with Crippen molar-refractivity contribution >= 4 is 12.0 Å². The van der Waals surface area contributed by atoms with Gasteiger partial charge in [0.1, 0.15) is 11.6 Å². The van der Waals surface area contributed by atoms with E-state index in [9.17, 15) is 10.1 Å². The number of hydrogen-bond donors (Lipinski definition) is 1. The minimum Gasteiger partial charge on any atom is -0.493 e. The van der Waals surface area contributed by atoms with Crippen LogP contribution in [0, 0.1) is 11.3 Å². The molecule has 1 amide bonds. The molecule has 0 aromatic heterocycles. The average Bonchev–Trinajstić information content (AvgIpc) is 2.66. The van der Waals surface area contributed by atoms with E-state index in [-0.39, 0.29) is 11.6 Å². The van der Waals surface area contributed by atoms with Gasteiger partial charge in [-0.1, -0.05) is 36.4 Å². The van der Waals surface area contributed by atoms with Crippen molar-refractivity contribution in [1.29, 1.82) is 5.26 Å². The molecule has 1 unspecified atom stereocenters. The van der Waals surface area contributed by atoms with Crippen LogP contribution in [0.2, 0.25) is 0 Å². The van der Waals surface area contributed by atoms with Gasteiger partial charge in [-0.15, -0.1) is 0 Å². The third-order valence-electron chi connectivity index (χ3n) is 3.73. The lowest BCUT2D eigenvalue weighted by molar-refractivity contribution is -0.117. The predicted molar refractivity (Wildman–Crippen MR) is 96.1 cm³/mol. The van der Waals surface area contributed by atoms with Gasteiger partial charge in [0.05, 0.1) is 20.3 Å². The fourth-order valence-corrected chi connectivity index (χ4v) is 2.36. The van der Waals surface area contributed by atoms with Crippen LogP contribution in [0.15, 0.2) is 54.1 Å². The zero-order valence-corrected chi connectivity index (χ0v) is 14.4. The van der Waals surface area contributed by atoms with Gasteiger partial charge in [-0.25, -0.2) is 0 Å². The second-order valence-corrected chi connectivity index (χ2v) is 5.39. The maximum Gasteiger partial charge on any atom is 0.262 e. The van der Waals surface area contributed by atoms with Gasteiger partial charge in [0.2, 0.25) is 0 Å². The van der Waals surface area contributed by atoms with Gasteiger partial charge >= 0.3 is 0 Å². The topological polar surface area (TPSA) is 71.3 Å². The van der Waals surface area contributed by atoms with E-state index in [4.69, 9.17) is 9.47 Å². The molecule has 0 aliphatic rings. The van der Waals surface area contributed by atoms with Crippen LogP contribution in [-0.2, 0) is 4.79 Å². The summed E-state index contributed by atoms with van der Waals surface area (Å²) in [5.41, 5.74) is 1.67. The SMILES string of the molecule is COc1ccc(C=C(C#N)C(=O)NC(C)c2ccccc2)cc1OC. The van der Waals surface area contributed by atoms with Crippen LogP contribution in [0.1, 0.15) is 24.1 Å². The molecule has 2 aromatic rings. The van der Waals surface area contributed by atoms with Crippen LogP contribution >= 0.6 is 0 Å². The van der Waals surface area contributed by atoms with Crippen molar-refractivity contribution in [2.45, 2.75) is 13.0 Å². The summed E-state index contributed by atoms with van der Waals surface area (Å²) in [7, 11) is 3.08. The fraction of sp³-hybridized carbons (Fsp3) is 0.200. The predicted octanol–water partition coefficient (Wildman–Crippen LogP) is 3.49. The molecule has 2 rings (SSSR count). The molecule has 0 fully saturated rings. The molecule has 0 saturated carbocycles. The number of carbonyl (C=O) groups is 1. The summed E-state index contributed by atoms with van der Waals surface area (Å²) in [6.07, 6.45) is 1.52. The van der Waals surface area contributed by atoms with Crippen LogP contribution < -0.4 is 14.8 Å². The summed E-state index contributed by atoms with van der Waals surface area (Å²) in [5.74, 6) is 0.695. The number of nitrogens with one attached hydrogen (secondary N) is 1. The number of methoxy groups -OCH3 is 2. The molecular weight excluding hydrogens is 316 g/mol. The Hall–Kier alpha value is -3.26. The molecular formula is C20H20N2O3. The molecule has 1 N–H and O–H groups in total. The summed E-state index contributed by atoms with van der Waals surface area (Å²) in [6, 6.07) is 16.5. The van der Waals surface area contributed by atoms with E-state index in [0.29, 0.717) is 17.1 Å². The van der Waals surface area contributed by atoms with Gasteiger partial charge in [-0.05, 0) is 36.3 Å². The van der Waals surface area contributed by atoms with E-state index in [0.717, 1.165) is 5.56 Å². The first kappa shape index (κ1) is 18.1. The molecule has 0 radical (unpaired) electrons. The lowest BCUT2D eigenvalue weighted by atomic mass is 10.1. The minimum absolute atomic E-state index is 0.0231. The lowest BCUT2D eigenvalue weighted by Gasteiger charge is -2.14. The van der Waals surface area contributed by atoms with Crippen molar-refractivity contribution in [1.82, 2.24) is 5.32 Å². The second kappa shape index (κ2) is 8.55. The Labute approximate surface area is 147 Å². The normalized spacial score (nSPS) is 12.0. The van der Waals surface area contributed by atoms with Crippen molar-refractivity contribution in [3.8, 4) is 17.6 Å². The summed E-state index contributed by atoms with van der Waals surface area (Å²) in [5, 5.41) is 12.2. The number of benzene rings is 2. The van der Waals surface area contributed by atoms with Gasteiger partial charge in [-0.3, -0.25) is 4.79 Å². The second-order valence-electron chi connectivity index (χ2n) is 5.39. The van der Waals surface area contributed by atoms with Crippen molar-refractivity contribution in [2.24, 2.45) is 0 Å². The van der Waals surface area contributed by atoms with E-state index < -0.39 is 5.91 Å². The number of ether oxygens (including phenoxy) is 2. The first-order valence-corrected chi connectivity index (χ1v) is 7.78. The van der Waals surface area contributed by atoms with Crippen molar-refractivity contribution < 1.29 is 14.3 Å². The summed E-state index contributed by atoms with van der Waals surface area (Å²) in [6.45, 7) is 1.87. The van der Waals surface area contributed by atoms with Gasteiger partial charge in [0, 0.05) is 0 Å². The van der Waals surface area contributed by atoms with Crippen LogP contribution in [0.3, 0.4) is 0 Å². The van der Waals surface area contributed by atoms with E-state index >= 15 is 0 Å². The van der Waals surface area contributed by atoms with Crippen LogP contribution in [0.4, 0.5) is 0 Å². The van der Waals surface area contributed by atoms with Gasteiger partial charge < -0.3 is 14.8 Å². The Bertz CT molecular complexity index is 807. The minimum atomic E-state index is -0.423. The van der Waals surface area contributed by atoms with E-state index in [1.807, 2.05) is 43.3 Å². The molecule has 5 nitrogen and oxygen atoms in total. The van der Waals surface area contributed by atoms with Crippen molar-refractivity contribution in [3.05, 3.63) is 65.2 Å². The molecule has 0 spiro atoms. The Morgan fingerprint density at radius 2 is 1.80 bits per heavy atom. The third-order valence-corrected chi connectivity index (χ3v) is 3.73. The summed E-state index contributed by atoms with van der Waals surface area (Å²) in [4.78, 5) is 12.4. The highest BCUT2D eigenvalue weighted by molar-refractivity contribution is 6.01. The Morgan fingerprint density at radius 3 is 2.40 bits per heavy atom. The molecule has 25 heavy (non-hydrogen) atoms. The maximum atomic E-state index is 12.4. The number of rotatable bonds is 6. The lowest BCUT2D eigenvalue weighted by Crippen LogP contribution is -2.27. The van der Waals surface area contributed by atoms with Crippen LogP contribution in [0.25, 0.3) is 6.08 Å². The molecule has 0 aliphatic heterocycles. The molecule has 0 saturated heterocycles. The monoisotopic (exact) mass is 336 g/mol. The van der Waals surface area contributed by atoms with Crippen LogP contribution in [-0.4, -0.2) is 20.1 Å².